The molecule has 5 heteroatoms. The molecule has 0 unspecified atom stereocenters. The third-order valence-corrected chi connectivity index (χ3v) is 4.98. The summed E-state index contributed by atoms with van der Waals surface area (Å²) in [7, 11) is 0. The summed E-state index contributed by atoms with van der Waals surface area (Å²) in [6, 6.07) is 8.92. The lowest BCUT2D eigenvalue weighted by Gasteiger charge is -2.22. The maximum atomic E-state index is 13.0. The van der Waals surface area contributed by atoms with Gasteiger partial charge in [-0.1, -0.05) is 6.07 Å². The van der Waals surface area contributed by atoms with E-state index < -0.39 is 11.4 Å². The zero-order valence-electron chi connectivity index (χ0n) is 12.5. The quantitative estimate of drug-likeness (QED) is 0.924. The van der Waals surface area contributed by atoms with E-state index in [2.05, 4.69) is 4.98 Å². The molecule has 1 aromatic carbocycles. The lowest BCUT2D eigenvalue weighted by Crippen LogP contribution is -2.35. The molecule has 5 nitrogen and oxygen atoms in total. The van der Waals surface area contributed by atoms with Gasteiger partial charge in [0.15, 0.2) is 0 Å². The van der Waals surface area contributed by atoms with Crippen molar-refractivity contribution in [3.05, 3.63) is 59.4 Å². The van der Waals surface area contributed by atoms with Crippen LogP contribution in [0, 0.1) is 5.41 Å². The predicted molar refractivity (Wildman–Crippen MR) is 84.4 cm³/mol. The first kappa shape index (κ1) is 13.9. The summed E-state index contributed by atoms with van der Waals surface area (Å²) in [6.07, 6.45) is 5.51. The summed E-state index contributed by atoms with van der Waals surface area (Å²) >= 11 is 0. The highest BCUT2D eigenvalue weighted by Gasteiger charge is 2.50. The molecular weight excluding hydrogens is 292 g/mol. The fourth-order valence-corrected chi connectivity index (χ4v) is 3.80. The second-order valence-corrected chi connectivity index (χ2v) is 6.34. The number of carboxylic acids is 1. The van der Waals surface area contributed by atoms with Gasteiger partial charge in [-0.2, -0.15) is 0 Å². The molecule has 4 rings (SSSR count). The Kier molecular flexibility index (Phi) is 2.98. The highest BCUT2D eigenvalue weighted by atomic mass is 16.4. The minimum Gasteiger partial charge on any atom is -0.478 e. The fraction of sp³-hybridized carbons (Fsp3) is 0.278. The zero-order valence-corrected chi connectivity index (χ0v) is 12.5. The normalized spacial score (nSPS) is 22.6. The minimum atomic E-state index is -0.927. The van der Waals surface area contributed by atoms with Gasteiger partial charge in [0.1, 0.15) is 0 Å². The molecule has 1 aliphatic carbocycles. The number of hydrogen-bond acceptors (Lipinski definition) is 3. The molecule has 1 spiro atoms. The largest absolute Gasteiger partial charge is 0.478 e. The maximum Gasteiger partial charge on any atom is 0.335 e. The standard InChI is InChI=1S/C18H16N2O3/c21-16(22)12-3-4-13-9-18(10-14(13)8-12)5-7-20(17(18)23)15-2-1-6-19-11-15/h1-4,6,8,11H,5,7,9-10H2,(H,21,22)/t18-/m1/s1. The number of carbonyl (C=O) groups excluding carboxylic acids is 1. The van der Waals surface area contributed by atoms with Crippen molar-refractivity contribution in [1.29, 1.82) is 0 Å². The lowest BCUT2D eigenvalue weighted by molar-refractivity contribution is -0.125. The molecule has 1 amide bonds. The molecule has 23 heavy (non-hydrogen) atoms. The van der Waals surface area contributed by atoms with E-state index in [4.69, 9.17) is 5.11 Å². The van der Waals surface area contributed by atoms with Gasteiger partial charge in [0.05, 0.1) is 22.9 Å². The van der Waals surface area contributed by atoms with Crippen LogP contribution in [0.2, 0.25) is 0 Å². The first-order valence-electron chi connectivity index (χ1n) is 7.66. The molecule has 1 aliphatic heterocycles. The van der Waals surface area contributed by atoms with E-state index in [1.807, 2.05) is 18.2 Å². The number of rotatable bonds is 2. The Balaban J connectivity index is 1.64. The second kappa shape index (κ2) is 4.91. The molecule has 0 radical (unpaired) electrons. The van der Waals surface area contributed by atoms with Crippen LogP contribution < -0.4 is 4.90 Å². The van der Waals surface area contributed by atoms with Gasteiger partial charge >= 0.3 is 5.97 Å². The van der Waals surface area contributed by atoms with Gasteiger partial charge in [-0.25, -0.2) is 4.79 Å². The Bertz CT molecular complexity index is 803. The monoisotopic (exact) mass is 308 g/mol. The van der Waals surface area contributed by atoms with Gasteiger partial charge in [0.2, 0.25) is 5.91 Å². The predicted octanol–water partition coefficient (Wildman–Crippen LogP) is 2.30. The Morgan fingerprint density at radius 2 is 2.04 bits per heavy atom. The van der Waals surface area contributed by atoms with E-state index in [1.54, 1.807) is 29.4 Å². The first-order valence-corrected chi connectivity index (χ1v) is 7.66. The molecule has 2 aliphatic rings. The van der Waals surface area contributed by atoms with Gasteiger partial charge in [0.25, 0.3) is 0 Å². The van der Waals surface area contributed by atoms with Crippen LogP contribution in [0.3, 0.4) is 0 Å². The lowest BCUT2D eigenvalue weighted by atomic mass is 9.83. The fourth-order valence-electron chi connectivity index (χ4n) is 3.80. The number of carboxylic acid groups (broad SMARTS) is 1. The molecule has 1 aromatic heterocycles. The molecule has 2 aromatic rings. The van der Waals surface area contributed by atoms with Gasteiger partial charge < -0.3 is 10.0 Å². The number of hydrogen-bond donors (Lipinski definition) is 1. The molecule has 1 N–H and O–H groups in total. The van der Waals surface area contributed by atoms with Crippen LogP contribution in [-0.4, -0.2) is 28.5 Å². The molecule has 0 saturated carbocycles. The average Bonchev–Trinajstić information content (AvgIpc) is 3.08. The van der Waals surface area contributed by atoms with Crippen molar-refractivity contribution >= 4 is 17.6 Å². The summed E-state index contributed by atoms with van der Waals surface area (Å²) < 4.78 is 0. The van der Waals surface area contributed by atoms with Crippen LogP contribution in [0.15, 0.2) is 42.7 Å². The van der Waals surface area contributed by atoms with E-state index in [1.165, 1.54) is 0 Å². The number of fused-ring (bicyclic) bond motifs is 1. The van der Waals surface area contributed by atoms with E-state index in [-0.39, 0.29) is 11.5 Å². The maximum absolute atomic E-state index is 13.0. The van der Waals surface area contributed by atoms with Crippen molar-refractivity contribution in [2.75, 3.05) is 11.4 Å². The number of benzene rings is 1. The van der Waals surface area contributed by atoms with Crippen molar-refractivity contribution in [3.8, 4) is 0 Å². The van der Waals surface area contributed by atoms with Crippen molar-refractivity contribution in [3.63, 3.8) is 0 Å². The SMILES string of the molecule is O=C(O)c1ccc2c(c1)C[C@@]1(CCN(c3cccnc3)C1=O)C2. The van der Waals surface area contributed by atoms with Gasteiger partial charge in [-0.05, 0) is 54.7 Å². The van der Waals surface area contributed by atoms with Crippen molar-refractivity contribution in [2.45, 2.75) is 19.3 Å². The number of carbonyl (C=O) groups is 2. The van der Waals surface area contributed by atoms with E-state index >= 15 is 0 Å². The summed E-state index contributed by atoms with van der Waals surface area (Å²) in [6.45, 7) is 0.685. The summed E-state index contributed by atoms with van der Waals surface area (Å²) in [5.74, 6) is -0.804. The zero-order chi connectivity index (χ0) is 16.0. The van der Waals surface area contributed by atoms with Crippen LogP contribution in [0.25, 0.3) is 0 Å². The van der Waals surface area contributed by atoms with E-state index in [9.17, 15) is 9.59 Å². The van der Waals surface area contributed by atoms with Crippen molar-refractivity contribution in [1.82, 2.24) is 4.98 Å². The van der Waals surface area contributed by atoms with Gasteiger partial charge in [0, 0.05) is 12.7 Å². The smallest absolute Gasteiger partial charge is 0.335 e. The number of pyridine rings is 1. The minimum absolute atomic E-state index is 0.124. The Morgan fingerprint density at radius 1 is 1.22 bits per heavy atom. The van der Waals surface area contributed by atoms with Crippen molar-refractivity contribution < 1.29 is 14.7 Å². The van der Waals surface area contributed by atoms with Crippen molar-refractivity contribution in [2.24, 2.45) is 5.41 Å². The second-order valence-electron chi connectivity index (χ2n) is 6.34. The average molecular weight is 308 g/mol. The van der Waals surface area contributed by atoms with Gasteiger partial charge in [-0.15, -0.1) is 0 Å². The van der Waals surface area contributed by atoms with E-state index in [0.29, 0.717) is 19.4 Å². The number of amides is 1. The topological polar surface area (TPSA) is 70.5 Å². The molecule has 1 atom stereocenters. The Morgan fingerprint density at radius 3 is 2.78 bits per heavy atom. The molecule has 116 valence electrons. The molecule has 0 bridgehead atoms. The first-order chi connectivity index (χ1) is 11.1. The summed E-state index contributed by atoms with van der Waals surface area (Å²) in [4.78, 5) is 30.0. The number of nitrogens with zero attached hydrogens (tertiary/aromatic N) is 2. The molecule has 1 saturated heterocycles. The molecule has 2 heterocycles. The highest BCUT2D eigenvalue weighted by Crippen LogP contribution is 2.46. The highest BCUT2D eigenvalue weighted by molar-refractivity contribution is 6.00. The van der Waals surface area contributed by atoms with Crippen LogP contribution in [0.4, 0.5) is 5.69 Å². The number of anilines is 1. The molecule has 1 fully saturated rings. The van der Waals surface area contributed by atoms with Crippen LogP contribution in [0.5, 0.6) is 0 Å². The third-order valence-electron chi connectivity index (χ3n) is 4.98. The Labute approximate surface area is 133 Å². The Hall–Kier alpha value is -2.69. The van der Waals surface area contributed by atoms with Crippen LogP contribution in [0.1, 0.15) is 27.9 Å². The molecular formula is C18H16N2O3. The summed E-state index contributed by atoms with van der Waals surface area (Å²) in [5, 5.41) is 9.13. The summed E-state index contributed by atoms with van der Waals surface area (Å²) in [5.41, 5.74) is 2.78. The number of aromatic carboxylic acids is 1. The number of aromatic nitrogens is 1. The van der Waals surface area contributed by atoms with Crippen LogP contribution >= 0.6 is 0 Å². The third kappa shape index (κ3) is 2.11. The van der Waals surface area contributed by atoms with Crippen LogP contribution in [-0.2, 0) is 17.6 Å². The van der Waals surface area contributed by atoms with E-state index in [0.717, 1.165) is 23.2 Å². The van der Waals surface area contributed by atoms with Gasteiger partial charge in [-0.3, -0.25) is 9.78 Å².